The van der Waals surface area contributed by atoms with Crippen LogP contribution in [0.3, 0.4) is 0 Å². The van der Waals surface area contributed by atoms with Crippen LogP contribution in [0.5, 0.6) is 0 Å². The van der Waals surface area contributed by atoms with Crippen LogP contribution in [0.1, 0.15) is 90.4 Å². The third-order valence-electron chi connectivity index (χ3n) is 4.60. The maximum Gasteiger partial charge on any atom is 0.326 e. The van der Waals surface area contributed by atoms with Gasteiger partial charge in [0.15, 0.2) is 0 Å². The first-order valence-electron chi connectivity index (χ1n) is 9.19. The highest BCUT2D eigenvalue weighted by atomic mass is 16.4. The Kier molecular flexibility index (Phi) is 9.93. The Bertz CT molecular complexity index is 330. The Morgan fingerprint density at radius 2 is 1.68 bits per heavy atom. The van der Waals surface area contributed by atoms with Crippen LogP contribution < -0.4 is 0 Å². The maximum absolute atomic E-state index is 12.1. The zero-order chi connectivity index (χ0) is 16.2. The Balaban J connectivity index is 2.26. The Labute approximate surface area is 135 Å². The van der Waals surface area contributed by atoms with Gasteiger partial charge < -0.3 is 10.0 Å². The van der Waals surface area contributed by atoms with Gasteiger partial charge in [-0.1, -0.05) is 64.7 Å². The molecule has 1 heterocycles. The predicted octanol–water partition coefficient (Wildman–Crippen LogP) is 4.37. The summed E-state index contributed by atoms with van der Waals surface area (Å²) in [6.45, 7) is 2.84. The summed E-state index contributed by atoms with van der Waals surface area (Å²) in [5.74, 6) is -0.803. The predicted molar refractivity (Wildman–Crippen MR) is 88.8 cm³/mol. The SMILES string of the molecule is CCCCCCCCCCC(C(=O)O)N1CCCCCC1=O. The van der Waals surface area contributed by atoms with E-state index in [1.54, 1.807) is 4.90 Å². The molecule has 0 saturated carbocycles. The molecule has 0 bridgehead atoms. The second-order valence-electron chi connectivity index (χ2n) is 6.52. The van der Waals surface area contributed by atoms with Crippen molar-refractivity contribution in [2.24, 2.45) is 0 Å². The van der Waals surface area contributed by atoms with E-state index in [1.807, 2.05) is 0 Å². The van der Waals surface area contributed by atoms with E-state index in [9.17, 15) is 14.7 Å². The average molecular weight is 311 g/mol. The van der Waals surface area contributed by atoms with Gasteiger partial charge in [-0.2, -0.15) is 0 Å². The molecule has 22 heavy (non-hydrogen) atoms. The minimum Gasteiger partial charge on any atom is -0.480 e. The van der Waals surface area contributed by atoms with Gasteiger partial charge in [0, 0.05) is 13.0 Å². The summed E-state index contributed by atoms with van der Waals surface area (Å²) in [6.07, 6.45) is 13.6. The van der Waals surface area contributed by atoms with Gasteiger partial charge in [-0.25, -0.2) is 4.79 Å². The van der Waals surface area contributed by atoms with Crippen molar-refractivity contribution in [3.05, 3.63) is 0 Å². The third kappa shape index (κ3) is 7.28. The minimum absolute atomic E-state index is 0.0319. The summed E-state index contributed by atoms with van der Waals surface area (Å²) in [7, 11) is 0. The number of aliphatic carboxylic acids is 1. The first-order valence-corrected chi connectivity index (χ1v) is 9.19. The van der Waals surface area contributed by atoms with Gasteiger partial charge in [0.05, 0.1) is 0 Å². The lowest BCUT2D eigenvalue weighted by molar-refractivity contribution is -0.150. The topological polar surface area (TPSA) is 57.6 Å². The highest BCUT2D eigenvalue weighted by Gasteiger charge is 2.29. The van der Waals surface area contributed by atoms with Crippen molar-refractivity contribution in [1.29, 1.82) is 0 Å². The van der Waals surface area contributed by atoms with E-state index >= 15 is 0 Å². The number of nitrogens with zero attached hydrogens (tertiary/aromatic N) is 1. The number of hydrogen-bond donors (Lipinski definition) is 1. The standard InChI is InChI=1S/C18H33NO3/c1-2-3-4-5-6-7-8-10-13-16(18(21)22)19-15-12-9-11-14-17(19)20/h16H,2-15H2,1H3,(H,21,22). The molecule has 1 atom stereocenters. The fourth-order valence-corrected chi connectivity index (χ4v) is 3.22. The van der Waals surface area contributed by atoms with E-state index in [4.69, 9.17) is 0 Å². The number of carbonyl (C=O) groups excluding carboxylic acids is 1. The quantitative estimate of drug-likeness (QED) is 0.576. The molecule has 1 fully saturated rings. The fraction of sp³-hybridized carbons (Fsp3) is 0.889. The van der Waals surface area contributed by atoms with Crippen molar-refractivity contribution in [3.63, 3.8) is 0 Å². The summed E-state index contributed by atoms with van der Waals surface area (Å²) >= 11 is 0. The highest BCUT2D eigenvalue weighted by molar-refractivity contribution is 5.83. The van der Waals surface area contributed by atoms with E-state index in [0.717, 1.165) is 32.1 Å². The van der Waals surface area contributed by atoms with Crippen LogP contribution in [0, 0.1) is 0 Å². The number of carboxylic acids is 1. The molecule has 1 amide bonds. The average Bonchev–Trinajstić information content (AvgIpc) is 2.70. The van der Waals surface area contributed by atoms with Crippen LogP contribution in [0.15, 0.2) is 0 Å². The van der Waals surface area contributed by atoms with E-state index in [2.05, 4.69) is 6.92 Å². The molecule has 0 spiro atoms. The van der Waals surface area contributed by atoms with Crippen LogP contribution in [0.4, 0.5) is 0 Å². The molecule has 1 aliphatic heterocycles. The first-order chi connectivity index (χ1) is 10.7. The molecule has 0 aromatic heterocycles. The molecule has 0 aromatic carbocycles. The lowest BCUT2D eigenvalue weighted by atomic mass is 10.0. The van der Waals surface area contributed by atoms with Crippen LogP contribution in [0.25, 0.3) is 0 Å². The molecule has 4 heteroatoms. The second kappa shape index (κ2) is 11.5. The van der Waals surface area contributed by atoms with Gasteiger partial charge in [-0.15, -0.1) is 0 Å². The van der Waals surface area contributed by atoms with Gasteiger partial charge in [0.25, 0.3) is 0 Å². The van der Waals surface area contributed by atoms with E-state index in [1.165, 1.54) is 38.5 Å². The fourth-order valence-electron chi connectivity index (χ4n) is 3.22. The summed E-state index contributed by atoms with van der Waals surface area (Å²) < 4.78 is 0. The van der Waals surface area contributed by atoms with E-state index < -0.39 is 12.0 Å². The molecule has 4 nitrogen and oxygen atoms in total. The lowest BCUT2D eigenvalue weighted by Crippen LogP contribution is -2.44. The van der Waals surface area contributed by atoms with Gasteiger partial charge >= 0.3 is 5.97 Å². The number of carbonyl (C=O) groups is 2. The van der Waals surface area contributed by atoms with Gasteiger partial charge in [-0.05, 0) is 19.3 Å². The first kappa shape index (κ1) is 19.0. The van der Waals surface area contributed by atoms with E-state index in [-0.39, 0.29) is 5.91 Å². The zero-order valence-corrected chi connectivity index (χ0v) is 14.2. The van der Waals surface area contributed by atoms with Gasteiger partial charge in [0.1, 0.15) is 6.04 Å². The molecule has 0 aliphatic carbocycles. The third-order valence-corrected chi connectivity index (χ3v) is 4.60. The van der Waals surface area contributed by atoms with Gasteiger partial charge in [0.2, 0.25) is 5.91 Å². The van der Waals surface area contributed by atoms with Crippen LogP contribution in [0.2, 0.25) is 0 Å². The Morgan fingerprint density at radius 3 is 2.32 bits per heavy atom. The summed E-state index contributed by atoms with van der Waals surface area (Å²) in [6, 6.07) is -0.606. The van der Waals surface area contributed by atoms with Crippen molar-refractivity contribution < 1.29 is 14.7 Å². The van der Waals surface area contributed by atoms with Crippen molar-refractivity contribution in [2.75, 3.05) is 6.54 Å². The van der Waals surface area contributed by atoms with Crippen molar-refractivity contribution in [3.8, 4) is 0 Å². The van der Waals surface area contributed by atoms with Crippen LogP contribution >= 0.6 is 0 Å². The molecule has 1 unspecified atom stereocenters. The van der Waals surface area contributed by atoms with Crippen LogP contribution in [-0.2, 0) is 9.59 Å². The summed E-state index contributed by atoms with van der Waals surface area (Å²) in [5.41, 5.74) is 0. The highest BCUT2D eigenvalue weighted by Crippen LogP contribution is 2.19. The summed E-state index contributed by atoms with van der Waals surface area (Å²) in [4.78, 5) is 25.2. The molecular weight excluding hydrogens is 278 g/mol. The van der Waals surface area contributed by atoms with Gasteiger partial charge in [-0.3, -0.25) is 4.79 Å². The molecule has 1 rings (SSSR count). The number of likely N-dealkylation sites (tertiary alicyclic amines) is 1. The number of amides is 1. The Hall–Kier alpha value is -1.06. The molecule has 1 saturated heterocycles. The van der Waals surface area contributed by atoms with E-state index in [0.29, 0.717) is 19.4 Å². The maximum atomic E-state index is 12.1. The lowest BCUT2D eigenvalue weighted by Gasteiger charge is -2.27. The minimum atomic E-state index is -0.835. The van der Waals surface area contributed by atoms with Crippen molar-refractivity contribution in [2.45, 2.75) is 96.4 Å². The van der Waals surface area contributed by atoms with Crippen molar-refractivity contribution >= 4 is 11.9 Å². The largest absolute Gasteiger partial charge is 0.480 e. The second-order valence-corrected chi connectivity index (χ2v) is 6.52. The molecule has 0 radical (unpaired) electrons. The number of carboxylic acid groups (broad SMARTS) is 1. The molecule has 0 aromatic rings. The molecule has 1 aliphatic rings. The number of rotatable bonds is 11. The Morgan fingerprint density at radius 1 is 1.05 bits per heavy atom. The molecular formula is C18H33NO3. The number of hydrogen-bond acceptors (Lipinski definition) is 2. The monoisotopic (exact) mass is 311 g/mol. The molecule has 1 N–H and O–H groups in total. The smallest absolute Gasteiger partial charge is 0.326 e. The summed E-state index contributed by atoms with van der Waals surface area (Å²) in [5, 5.41) is 9.44. The molecule has 128 valence electrons. The number of unbranched alkanes of at least 4 members (excludes halogenated alkanes) is 7. The van der Waals surface area contributed by atoms with Crippen LogP contribution in [-0.4, -0.2) is 34.5 Å². The normalized spacial score (nSPS) is 17.3. The van der Waals surface area contributed by atoms with Crippen molar-refractivity contribution in [1.82, 2.24) is 4.90 Å². The zero-order valence-electron chi connectivity index (χ0n) is 14.2.